The molecular formula is C19H21N3O2S2. The van der Waals surface area contributed by atoms with Crippen molar-refractivity contribution in [2.75, 3.05) is 23.9 Å². The Hall–Kier alpha value is -1.99. The molecule has 136 valence electrons. The fourth-order valence-corrected chi connectivity index (χ4v) is 5.88. The van der Waals surface area contributed by atoms with Crippen LogP contribution in [0.2, 0.25) is 0 Å². The molecular weight excluding hydrogens is 366 g/mol. The van der Waals surface area contributed by atoms with Crippen molar-refractivity contribution >= 4 is 37.2 Å². The molecule has 1 aliphatic rings. The van der Waals surface area contributed by atoms with Crippen LogP contribution in [0.25, 0.3) is 21.3 Å². The van der Waals surface area contributed by atoms with Gasteiger partial charge in [0.2, 0.25) is 0 Å². The first kappa shape index (κ1) is 17.4. The molecule has 1 fully saturated rings. The van der Waals surface area contributed by atoms with Crippen molar-refractivity contribution in [3.05, 3.63) is 41.5 Å². The van der Waals surface area contributed by atoms with Gasteiger partial charge in [-0.2, -0.15) is 0 Å². The average Bonchev–Trinajstić information content (AvgIpc) is 3.19. The maximum absolute atomic E-state index is 11.7. The van der Waals surface area contributed by atoms with Gasteiger partial charge in [0.05, 0.1) is 11.1 Å². The lowest BCUT2D eigenvalue weighted by Crippen LogP contribution is -2.24. The number of rotatable bonds is 6. The molecule has 3 aromatic rings. The van der Waals surface area contributed by atoms with Gasteiger partial charge in [-0.3, -0.25) is 0 Å². The third kappa shape index (κ3) is 3.59. The second kappa shape index (κ2) is 6.32. The van der Waals surface area contributed by atoms with Crippen LogP contribution in [0, 0.1) is 12.3 Å². The molecule has 1 saturated carbocycles. The summed E-state index contributed by atoms with van der Waals surface area (Å²) in [6.07, 6.45) is 3.19. The molecule has 0 bridgehead atoms. The maximum atomic E-state index is 11.7. The van der Waals surface area contributed by atoms with E-state index in [1.54, 1.807) is 11.3 Å². The molecule has 2 aromatic heterocycles. The number of anilines is 1. The minimum Gasteiger partial charge on any atom is -0.369 e. The molecule has 1 aromatic carbocycles. The first-order valence-corrected chi connectivity index (χ1v) is 11.5. The van der Waals surface area contributed by atoms with E-state index < -0.39 is 9.84 Å². The third-order valence-corrected chi connectivity index (χ3v) is 6.80. The summed E-state index contributed by atoms with van der Waals surface area (Å²) < 4.78 is 23.4. The molecule has 0 unspecified atom stereocenters. The van der Waals surface area contributed by atoms with Gasteiger partial charge in [-0.05, 0) is 25.3 Å². The van der Waals surface area contributed by atoms with Gasteiger partial charge in [-0.25, -0.2) is 18.4 Å². The number of fused-ring (bicyclic) bond motifs is 1. The fraction of sp³-hybridized carbons (Fsp3) is 0.368. The predicted molar refractivity (Wildman–Crippen MR) is 107 cm³/mol. The van der Waals surface area contributed by atoms with Crippen LogP contribution in [0.1, 0.15) is 18.7 Å². The normalized spacial score (nSPS) is 15.9. The molecule has 26 heavy (non-hydrogen) atoms. The quantitative estimate of drug-likeness (QED) is 0.694. The Bertz CT molecular complexity index is 1060. The van der Waals surface area contributed by atoms with Crippen molar-refractivity contribution in [2.45, 2.75) is 19.8 Å². The molecule has 5 nitrogen and oxygen atoms in total. The SMILES string of the molecule is Cc1nc(NCC2(CS(C)(=O)=O)CC2)c2c(-c3ccccc3)csc2n1. The van der Waals surface area contributed by atoms with Gasteiger partial charge in [0.25, 0.3) is 0 Å². The van der Waals surface area contributed by atoms with E-state index in [2.05, 4.69) is 32.8 Å². The maximum Gasteiger partial charge on any atom is 0.148 e. The van der Waals surface area contributed by atoms with E-state index in [-0.39, 0.29) is 11.2 Å². The Morgan fingerprint density at radius 1 is 1.19 bits per heavy atom. The highest BCUT2D eigenvalue weighted by atomic mass is 32.2. The monoisotopic (exact) mass is 387 g/mol. The number of aryl methyl sites for hydroxylation is 1. The van der Waals surface area contributed by atoms with Gasteiger partial charge in [-0.1, -0.05) is 30.3 Å². The van der Waals surface area contributed by atoms with Crippen molar-refractivity contribution in [2.24, 2.45) is 5.41 Å². The Balaban J connectivity index is 1.70. The number of hydrogen-bond donors (Lipinski definition) is 1. The van der Waals surface area contributed by atoms with Crippen LogP contribution in [-0.2, 0) is 9.84 Å². The van der Waals surface area contributed by atoms with Crippen molar-refractivity contribution in [1.29, 1.82) is 0 Å². The average molecular weight is 388 g/mol. The molecule has 0 spiro atoms. The van der Waals surface area contributed by atoms with Crippen LogP contribution in [0.3, 0.4) is 0 Å². The summed E-state index contributed by atoms with van der Waals surface area (Å²) in [4.78, 5) is 10.1. The lowest BCUT2D eigenvalue weighted by molar-refractivity contribution is 0.560. The van der Waals surface area contributed by atoms with Crippen molar-refractivity contribution < 1.29 is 8.42 Å². The van der Waals surface area contributed by atoms with E-state index in [0.29, 0.717) is 6.54 Å². The molecule has 0 saturated heterocycles. The zero-order chi connectivity index (χ0) is 18.4. The summed E-state index contributed by atoms with van der Waals surface area (Å²) in [5.41, 5.74) is 2.09. The molecule has 2 heterocycles. The summed E-state index contributed by atoms with van der Waals surface area (Å²) in [5.74, 6) is 1.75. The first-order valence-electron chi connectivity index (χ1n) is 8.58. The van der Waals surface area contributed by atoms with Gasteiger partial charge < -0.3 is 5.32 Å². The molecule has 7 heteroatoms. The van der Waals surface area contributed by atoms with Crippen LogP contribution in [-0.4, -0.2) is 36.9 Å². The second-order valence-electron chi connectivity index (χ2n) is 7.24. The number of sulfone groups is 1. The molecule has 0 amide bonds. The van der Waals surface area contributed by atoms with E-state index in [0.717, 1.165) is 45.8 Å². The van der Waals surface area contributed by atoms with E-state index >= 15 is 0 Å². The largest absolute Gasteiger partial charge is 0.369 e. The van der Waals surface area contributed by atoms with Crippen LogP contribution in [0.5, 0.6) is 0 Å². The lowest BCUT2D eigenvalue weighted by atomic mass is 10.1. The van der Waals surface area contributed by atoms with E-state index in [4.69, 9.17) is 0 Å². The highest BCUT2D eigenvalue weighted by Gasteiger charge is 2.45. The van der Waals surface area contributed by atoms with Crippen LogP contribution < -0.4 is 5.32 Å². The molecule has 1 N–H and O–H groups in total. The first-order chi connectivity index (χ1) is 12.4. The number of aromatic nitrogens is 2. The summed E-state index contributed by atoms with van der Waals surface area (Å²) in [7, 11) is -2.99. The van der Waals surface area contributed by atoms with Gasteiger partial charge in [0.15, 0.2) is 0 Å². The summed E-state index contributed by atoms with van der Waals surface area (Å²) in [6.45, 7) is 2.51. The number of nitrogens with zero attached hydrogens (tertiary/aromatic N) is 2. The third-order valence-electron chi connectivity index (χ3n) is 4.79. The Kier molecular flexibility index (Phi) is 4.23. The van der Waals surface area contributed by atoms with Gasteiger partial charge in [-0.15, -0.1) is 11.3 Å². The molecule has 0 aliphatic heterocycles. The lowest BCUT2D eigenvalue weighted by Gasteiger charge is -2.16. The Morgan fingerprint density at radius 2 is 1.92 bits per heavy atom. The zero-order valence-corrected chi connectivity index (χ0v) is 16.5. The molecule has 4 rings (SSSR count). The fourth-order valence-electron chi connectivity index (χ4n) is 3.38. The van der Waals surface area contributed by atoms with Crippen molar-refractivity contribution in [3.8, 4) is 11.1 Å². The van der Waals surface area contributed by atoms with Gasteiger partial charge in [0.1, 0.15) is 26.3 Å². The summed E-state index contributed by atoms with van der Waals surface area (Å²) in [6, 6.07) is 10.2. The number of thiophene rings is 1. The van der Waals surface area contributed by atoms with E-state index in [1.165, 1.54) is 6.26 Å². The minimum atomic E-state index is -2.99. The van der Waals surface area contributed by atoms with Crippen molar-refractivity contribution in [1.82, 2.24) is 9.97 Å². The van der Waals surface area contributed by atoms with Crippen molar-refractivity contribution in [3.63, 3.8) is 0 Å². The molecule has 0 radical (unpaired) electrons. The number of hydrogen-bond acceptors (Lipinski definition) is 6. The number of benzene rings is 1. The summed E-state index contributed by atoms with van der Waals surface area (Å²) >= 11 is 1.61. The van der Waals surface area contributed by atoms with Crippen LogP contribution >= 0.6 is 11.3 Å². The van der Waals surface area contributed by atoms with Gasteiger partial charge in [0, 0.05) is 29.2 Å². The van der Waals surface area contributed by atoms with Crippen LogP contribution in [0.15, 0.2) is 35.7 Å². The Labute approximate surface area is 157 Å². The zero-order valence-electron chi connectivity index (χ0n) is 14.8. The molecule has 1 aliphatic carbocycles. The van der Waals surface area contributed by atoms with E-state index in [1.807, 2.05) is 25.1 Å². The highest BCUT2D eigenvalue weighted by molar-refractivity contribution is 7.90. The number of nitrogens with one attached hydrogen (secondary N) is 1. The Morgan fingerprint density at radius 3 is 2.58 bits per heavy atom. The summed E-state index contributed by atoms with van der Waals surface area (Å²) in [5, 5.41) is 6.57. The van der Waals surface area contributed by atoms with Crippen LogP contribution in [0.4, 0.5) is 5.82 Å². The van der Waals surface area contributed by atoms with Gasteiger partial charge >= 0.3 is 0 Å². The predicted octanol–water partition coefficient (Wildman–Crippen LogP) is 3.90. The standard InChI is InChI=1S/C19H21N3O2S2/c1-13-21-17(20-11-19(8-9-19)12-26(2,23)24)16-15(10-25-18(16)22-13)14-6-4-3-5-7-14/h3-7,10H,8-9,11-12H2,1-2H3,(H,20,21,22). The van der Waals surface area contributed by atoms with E-state index in [9.17, 15) is 8.42 Å². The highest BCUT2D eigenvalue weighted by Crippen LogP contribution is 2.47. The molecule has 0 atom stereocenters. The minimum absolute atomic E-state index is 0.151. The smallest absolute Gasteiger partial charge is 0.148 e. The topological polar surface area (TPSA) is 72.0 Å². The second-order valence-corrected chi connectivity index (χ2v) is 10.2.